The highest BCUT2D eigenvalue weighted by molar-refractivity contribution is 6.30. The molecule has 0 atom stereocenters. The first-order valence-corrected chi connectivity index (χ1v) is 10.3. The molecule has 0 spiro atoms. The van der Waals surface area contributed by atoms with Crippen LogP contribution in [0.1, 0.15) is 13.8 Å². The van der Waals surface area contributed by atoms with Gasteiger partial charge in [0.1, 0.15) is 5.75 Å². The van der Waals surface area contributed by atoms with Gasteiger partial charge >= 0.3 is 11.1 Å². The summed E-state index contributed by atoms with van der Waals surface area (Å²) >= 11 is 5.86. The summed E-state index contributed by atoms with van der Waals surface area (Å²) in [6, 6.07) is 10.3. The van der Waals surface area contributed by atoms with Gasteiger partial charge in [-0.25, -0.2) is 0 Å². The topological polar surface area (TPSA) is 85.6 Å². The number of rotatable bonds is 7. The Bertz CT molecular complexity index is 1230. The van der Waals surface area contributed by atoms with Crippen LogP contribution < -0.4 is 26.1 Å². The summed E-state index contributed by atoms with van der Waals surface area (Å²) < 4.78 is 8.16. The van der Waals surface area contributed by atoms with Gasteiger partial charge < -0.3 is 24.1 Å². The monoisotopic (exact) mass is 444 g/mol. The van der Waals surface area contributed by atoms with Crippen LogP contribution in [-0.2, 0) is 18.9 Å². The van der Waals surface area contributed by atoms with Crippen molar-refractivity contribution in [3.05, 3.63) is 62.1 Å². The Morgan fingerprint density at radius 1 is 1.00 bits per heavy atom. The maximum atomic E-state index is 12.6. The lowest BCUT2D eigenvalue weighted by molar-refractivity contribution is -0.118. The molecule has 9 heteroatoms. The molecule has 3 aromatic rings. The molecule has 0 bridgehead atoms. The van der Waals surface area contributed by atoms with E-state index in [1.165, 1.54) is 9.13 Å². The van der Waals surface area contributed by atoms with Crippen molar-refractivity contribution in [2.45, 2.75) is 13.8 Å². The minimum Gasteiger partial charge on any atom is -0.484 e. The van der Waals surface area contributed by atoms with Gasteiger partial charge in [-0.2, -0.15) is 0 Å². The van der Waals surface area contributed by atoms with Crippen LogP contribution in [0.3, 0.4) is 0 Å². The second-order valence-corrected chi connectivity index (χ2v) is 7.49. The number of aromatic nitrogens is 2. The number of aryl methyl sites for hydroxylation is 2. The average Bonchev–Trinajstić information content (AvgIpc) is 2.77. The van der Waals surface area contributed by atoms with Crippen molar-refractivity contribution in [3.63, 3.8) is 0 Å². The molecule has 0 aliphatic carbocycles. The third-order valence-electron chi connectivity index (χ3n) is 5.17. The zero-order valence-corrected chi connectivity index (χ0v) is 18.7. The number of fused-ring (bicyclic) bond motifs is 1. The number of hydrogen-bond donors (Lipinski definition) is 1. The van der Waals surface area contributed by atoms with Gasteiger partial charge in [-0.1, -0.05) is 11.6 Å². The average molecular weight is 445 g/mol. The van der Waals surface area contributed by atoms with E-state index in [0.717, 1.165) is 5.69 Å². The molecular formula is C22H25ClN4O4. The summed E-state index contributed by atoms with van der Waals surface area (Å²) in [5.74, 6) is 0.178. The van der Waals surface area contributed by atoms with Gasteiger partial charge in [0.15, 0.2) is 6.61 Å². The number of halogens is 1. The summed E-state index contributed by atoms with van der Waals surface area (Å²) in [7, 11) is 3.11. The van der Waals surface area contributed by atoms with Crippen LogP contribution in [0.2, 0.25) is 5.02 Å². The minimum atomic E-state index is -0.631. The molecule has 164 valence electrons. The lowest BCUT2D eigenvalue weighted by Gasteiger charge is -2.25. The van der Waals surface area contributed by atoms with Crippen LogP contribution >= 0.6 is 11.6 Å². The molecule has 0 unspecified atom stereocenters. The van der Waals surface area contributed by atoms with Gasteiger partial charge in [0.2, 0.25) is 0 Å². The summed E-state index contributed by atoms with van der Waals surface area (Å²) in [5, 5.41) is 3.46. The van der Waals surface area contributed by atoms with Gasteiger partial charge in [-0.3, -0.25) is 14.4 Å². The summed E-state index contributed by atoms with van der Waals surface area (Å²) in [6.07, 6.45) is 0. The van der Waals surface area contributed by atoms with Crippen molar-refractivity contribution in [3.8, 4) is 5.75 Å². The van der Waals surface area contributed by atoms with Gasteiger partial charge in [-0.15, -0.1) is 0 Å². The lowest BCUT2D eigenvalue weighted by Crippen LogP contribution is -2.39. The second kappa shape index (κ2) is 9.26. The molecule has 1 N–H and O–H groups in total. The Hall–Kier alpha value is -3.26. The first kappa shape index (κ1) is 22.4. The summed E-state index contributed by atoms with van der Waals surface area (Å²) in [4.78, 5) is 39.2. The number of nitrogens with one attached hydrogen (secondary N) is 1. The first-order valence-electron chi connectivity index (χ1n) is 9.93. The van der Waals surface area contributed by atoms with E-state index in [1.54, 1.807) is 44.4 Å². The molecule has 2 aromatic carbocycles. The van der Waals surface area contributed by atoms with Gasteiger partial charge in [0.25, 0.3) is 5.91 Å². The quantitative estimate of drug-likeness (QED) is 0.566. The molecule has 0 fully saturated rings. The number of carbonyl (C=O) groups excluding carboxylic acids is 1. The van der Waals surface area contributed by atoms with E-state index in [4.69, 9.17) is 16.3 Å². The standard InChI is InChI=1S/C22H25ClN4O4/c1-5-27(6-2)17-12-19-18(25(3)21(29)22(30)26(19)4)11-16(17)24-20(28)13-31-15-9-7-14(23)8-10-15/h7-12H,5-6,13H2,1-4H3,(H,24,28). The van der Waals surface area contributed by atoms with Crippen LogP contribution in [0.25, 0.3) is 11.0 Å². The molecule has 0 saturated carbocycles. The van der Waals surface area contributed by atoms with E-state index in [9.17, 15) is 14.4 Å². The van der Waals surface area contributed by atoms with Crippen molar-refractivity contribution in [2.24, 2.45) is 14.1 Å². The maximum absolute atomic E-state index is 12.6. The molecule has 0 aliphatic heterocycles. The van der Waals surface area contributed by atoms with Gasteiger partial charge in [0.05, 0.1) is 22.4 Å². The Morgan fingerprint density at radius 3 is 2.10 bits per heavy atom. The molecule has 3 rings (SSSR count). The Labute approximate surface area is 184 Å². The highest BCUT2D eigenvalue weighted by Crippen LogP contribution is 2.30. The van der Waals surface area contributed by atoms with Crippen molar-refractivity contribution >= 4 is 39.9 Å². The van der Waals surface area contributed by atoms with Crippen LogP contribution in [0.4, 0.5) is 11.4 Å². The highest BCUT2D eigenvalue weighted by atomic mass is 35.5. The van der Waals surface area contributed by atoms with Crippen molar-refractivity contribution < 1.29 is 9.53 Å². The van der Waals surface area contributed by atoms with E-state index in [2.05, 4.69) is 10.2 Å². The fourth-order valence-electron chi connectivity index (χ4n) is 3.40. The fourth-order valence-corrected chi connectivity index (χ4v) is 3.53. The highest BCUT2D eigenvalue weighted by Gasteiger charge is 2.17. The van der Waals surface area contributed by atoms with Crippen LogP contribution in [0, 0.1) is 0 Å². The molecule has 1 heterocycles. The van der Waals surface area contributed by atoms with Gasteiger partial charge in [-0.05, 0) is 50.2 Å². The van der Waals surface area contributed by atoms with Crippen molar-refractivity contribution in [1.82, 2.24) is 9.13 Å². The van der Waals surface area contributed by atoms with E-state index in [-0.39, 0.29) is 12.5 Å². The summed E-state index contributed by atoms with van der Waals surface area (Å²) in [5.41, 5.74) is 1.20. The van der Waals surface area contributed by atoms with Crippen molar-refractivity contribution in [1.29, 1.82) is 0 Å². The Morgan fingerprint density at radius 2 is 1.55 bits per heavy atom. The molecule has 0 radical (unpaired) electrons. The Balaban J connectivity index is 1.99. The number of hydrogen-bond acceptors (Lipinski definition) is 5. The largest absolute Gasteiger partial charge is 0.484 e. The predicted octanol–water partition coefficient (Wildman–Crippen LogP) is 2.75. The van der Waals surface area contributed by atoms with E-state index < -0.39 is 11.1 Å². The number of nitrogens with zero attached hydrogens (tertiary/aromatic N) is 3. The second-order valence-electron chi connectivity index (χ2n) is 7.05. The molecule has 1 amide bonds. The third-order valence-corrected chi connectivity index (χ3v) is 5.42. The van der Waals surface area contributed by atoms with Crippen LogP contribution in [-0.4, -0.2) is 34.7 Å². The molecular weight excluding hydrogens is 420 g/mol. The number of ether oxygens (including phenoxy) is 1. The molecule has 8 nitrogen and oxygen atoms in total. The number of carbonyl (C=O) groups is 1. The molecule has 31 heavy (non-hydrogen) atoms. The molecule has 0 saturated heterocycles. The van der Waals surface area contributed by atoms with Crippen LogP contribution in [0.15, 0.2) is 46.0 Å². The fraction of sp³-hybridized carbons (Fsp3) is 0.318. The first-order chi connectivity index (χ1) is 14.8. The van der Waals surface area contributed by atoms with E-state index in [0.29, 0.717) is 40.6 Å². The maximum Gasteiger partial charge on any atom is 0.316 e. The SMILES string of the molecule is CCN(CC)c1cc2c(cc1NC(=O)COc1ccc(Cl)cc1)n(C)c(=O)c(=O)n2C. The lowest BCUT2D eigenvalue weighted by atomic mass is 10.2. The zero-order valence-electron chi connectivity index (χ0n) is 17.9. The normalized spacial score (nSPS) is 10.9. The minimum absolute atomic E-state index is 0.191. The molecule has 1 aromatic heterocycles. The summed E-state index contributed by atoms with van der Waals surface area (Å²) in [6.45, 7) is 5.21. The smallest absolute Gasteiger partial charge is 0.316 e. The van der Waals surface area contributed by atoms with Crippen molar-refractivity contribution in [2.75, 3.05) is 29.9 Å². The van der Waals surface area contributed by atoms with E-state index in [1.807, 2.05) is 19.9 Å². The van der Waals surface area contributed by atoms with Gasteiger partial charge in [0, 0.05) is 32.2 Å². The molecule has 0 aliphatic rings. The number of anilines is 2. The number of benzene rings is 2. The number of amides is 1. The Kier molecular flexibility index (Phi) is 6.70. The predicted molar refractivity (Wildman–Crippen MR) is 124 cm³/mol. The third kappa shape index (κ3) is 4.59. The van der Waals surface area contributed by atoms with E-state index >= 15 is 0 Å². The zero-order chi connectivity index (χ0) is 22.7. The van der Waals surface area contributed by atoms with Crippen LogP contribution in [0.5, 0.6) is 5.75 Å².